The maximum Gasteiger partial charge on any atom is 0.239 e. The average Bonchev–Trinajstić information content (AvgIpc) is 2.95. The third-order valence-corrected chi connectivity index (χ3v) is 4.63. The molecule has 0 unspecified atom stereocenters. The summed E-state index contributed by atoms with van der Waals surface area (Å²) in [6.45, 7) is 7.43. The zero-order valence-corrected chi connectivity index (χ0v) is 13.8. The number of nitrogens with two attached hydrogens (primary N) is 1. The van der Waals surface area contributed by atoms with Crippen molar-refractivity contribution in [2.24, 2.45) is 5.73 Å². The molecule has 2 rings (SSSR count). The molecule has 22 heavy (non-hydrogen) atoms. The molecule has 2 aliphatic rings. The highest BCUT2D eigenvalue weighted by Crippen LogP contribution is 2.10. The second-order valence-corrected chi connectivity index (χ2v) is 6.44. The monoisotopic (exact) mass is 310 g/mol. The van der Waals surface area contributed by atoms with Crippen LogP contribution in [-0.4, -0.2) is 78.4 Å². The van der Waals surface area contributed by atoms with E-state index in [2.05, 4.69) is 4.90 Å². The minimum atomic E-state index is -0.372. The molecule has 0 aromatic rings. The van der Waals surface area contributed by atoms with Crippen LogP contribution in [0.2, 0.25) is 0 Å². The van der Waals surface area contributed by atoms with Gasteiger partial charge in [0.25, 0.3) is 0 Å². The lowest BCUT2D eigenvalue weighted by atomic mass is 10.1. The minimum Gasteiger partial charge on any atom is -0.342 e. The number of hydrogen-bond donors (Lipinski definition) is 1. The number of carbonyl (C=O) groups excluding carboxylic acids is 2. The standard InChI is InChI=1S/C16H30N4O2/c1-2-6-14(17)16(22)20-10-5-7-18(11-12-20)13-15(21)19-8-3-4-9-19/h14H,2-13,17H2,1H3/t14-/m1/s1. The van der Waals surface area contributed by atoms with Crippen molar-refractivity contribution in [3.8, 4) is 0 Å². The van der Waals surface area contributed by atoms with Gasteiger partial charge in [-0.15, -0.1) is 0 Å². The van der Waals surface area contributed by atoms with E-state index < -0.39 is 0 Å². The third-order valence-electron chi connectivity index (χ3n) is 4.63. The van der Waals surface area contributed by atoms with Crippen molar-refractivity contribution >= 4 is 11.8 Å². The van der Waals surface area contributed by atoms with Crippen LogP contribution in [0.25, 0.3) is 0 Å². The van der Waals surface area contributed by atoms with E-state index >= 15 is 0 Å². The first-order chi connectivity index (χ1) is 10.6. The lowest BCUT2D eigenvalue weighted by molar-refractivity contribution is -0.132. The third kappa shape index (κ3) is 4.68. The Labute approximate surface area is 133 Å². The van der Waals surface area contributed by atoms with Crippen molar-refractivity contribution in [3.63, 3.8) is 0 Å². The van der Waals surface area contributed by atoms with Gasteiger partial charge in [0.1, 0.15) is 0 Å². The highest BCUT2D eigenvalue weighted by atomic mass is 16.2. The SMILES string of the molecule is CCC[C@@H](N)C(=O)N1CCCN(CC(=O)N2CCCC2)CC1. The summed E-state index contributed by atoms with van der Waals surface area (Å²) < 4.78 is 0. The predicted octanol–water partition coefficient (Wildman–Crippen LogP) is 0.271. The maximum absolute atomic E-state index is 12.3. The Morgan fingerprint density at radius 2 is 1.64 bits per heavy atom. The Morgan fingerprint density at radius 1 is 0.955 bits per heavy atom. The van der Waals surface area contributed by atoms with E-state index in [1.165, 1.54) is 0 Å². The number of nitrogens with zero attached hydrogens (tertiary/aromatic N) is 3. The first-order valence-corrected chi connectivity index (χ1v) is 8.66. The van der Waals surface area contributed by atoms with Gasteiger partial charge < -0.3 is 15.5 Å². The smallest absolute Gasteiger partial charge is 0.239 e. The van der Waals surface area contributed by atoms with E-state index in [4.69, 9.17) is 5.73 Å². The van der Waals surface area contributed by atoms with Gasteiger partial charge >= 0.3 is 0 Å². The van der Waals surface area contributed by atoms with E-state index in [0.717, 1.165) is 64.8 Å². The Morgan fingerprint density at radius 3 is 2.32 bits per heavy atom. The van der Waals surface area contributed by atoms with Crippen LogP contribution >= 0.6 is 0 Å². The average molecular weight is 310 g/mol. The molecule has 0 radical (unpaired) electrons. The molecule has 126 valence electrons. The Balaban J connectivity index is 1.79. The molecule has 2 fully saturated rings. The van der Waals surface area contributed by atoms with Gasteiger partial charge in [0, 0.05) is 39.3 Å². The number of hydrogen-bond acceptors (Lipinski definition) is 4. The van der Waals surface area contributed by atoms with E-state index in [1.54, 1.807) is 0 Å². The van der Waals surface area contributed by atoms with Crippen molar-refractivity contribution in [3.05, 3.63) is 0 Å². The van der Waals surface area contributed by atoms with Crippen molar-refractivity contribution < 1.29 is 9.59 Å². The molecular weight excluding hydrogens is 280 g/mol. The van der Waals surface area contributed by atoms with Crippen LogP contribution in [0, 0.1) is 0 Å². The maximum atomic E-state index is 12.3. The molecule has 2 aliphatic heterocycles. The van der Waals surface area contributed by atoms with Crippen LogP contribution in [0.3, 0.4) is 0 Å². The summed E-state index contributed by atoms with van der Waals surface area (Å²) in [6.07, 6.45) is 4.84. The lowest BCUT2D eigenvalue weighted by Crippen LogP contribution is -2.45. The summed E-state index contributed by atoms with van der Waals surface area (Å²) in [5, 5.41) is 0. The van der Waals surface area contributed by atoms with Crippen LogP contribution in [-0.2, 0) is 9.59 Å². The fourth-order valence-corrected chi connectivity index (χ4v) is 3.28. The zero-order valence-electron chi connectivity index (χ0n) is 13.8. The molecule has 1 atom stereocenters. The fourth-order valence-electron chi connectivity index (χ4n) is 3.28. The highest BCUT2D eigenvalue weighted by Gasteiger charge is 2.25. The van der Waals surface area contributed by atoms with Crippen LogP contribution in [0.1, 0.15) is 39.0 Å². The van der Waals surface area contributed by atoms with Crippen molar-refractivity contribution in [1.82, 2.24) is 14.7 Å². The van der Waals surface area contributed by atoms with E-state index in [1.807, 2.05) is 16.7 Å². The summed E-state index contributed by atoms with van der Waals surface area (Å²) >= 11 is 0. The van der Waals surface area contributed by atoms with E-state index in [9.17, 15) is 9.59 Å². The van der Waals surface area contributed by atoms with Crippen LogP contribution in [0.5, 0.6) is 0 Å². The molecule has 2 N–H and O–H groups in total. The molecule has 0 bridgehead atoms. The molecule has 0 saturated carbocycles. The van der Waals surface area contributed by atoms with Gasteiger partial charge in [0.05, 0.1) is 12.6 Å². The molecule has 6 heteroatoms. The van der Waals surface area contributed by atoms with Gasteiger partial charge in [-0.2, -0.15) is 0 Å². The molecule has 2 heterocycles. The highest BCUT2D eigenvalue weighted by molar-refractivity contribution is 5.81. The van der Waals surface area contributed by atoms with Crippen LogP contribution in [0.4, 0.5) is 0 Å². The normalized spacial score (nSPS) is 21.7. The number of likely N-dealkylation sites (tertiary alicyclic amines) is 1. The number of amides is 2. The van der Waals surface area contributed by atoms with E-state index in [-0.39, 0.29) is 17.9 Å². The van der Waals surface area contributed by atoms with Crippen LogP contribution in [0.15, 0.2) is 0 Å². The second-order valence-electron chi connectivity index (χ2n) is 6.44. The molecular formula is C16H30N4O2. The van der Waals surface area contributed by atoms with Gasteiger partial charge in [-0.3, -0.25) is 14.5 Å². The fraction of sp³-hybridized carbons (Fsp3) is 0.875. The molecule has 0 aliphatic carbocycles. The molecule has 0 aromatic carbocycles. The van der Waals surface area contributed by atoms with Gasteiger partial charge in [-0.1, -0.05) is 13.3 Å². The summed E-state index contributed by atoms with van der Waals surface area (Å²) in [5.41, 5.74) is 5.94. The Kier molecular flexibility index (Phi) is 6.64. The molecule has 2 amide bonds. The Hall–Kier alpha value is -1.14. The Bertz CT molecular complexity index is 382. The van der Waals surface area contributed by atoms with Crippen molar-refractivity contribution in [2.45, 2.75) is 45.1 Å². The molecule has 0 spiro atoms. The summed E-state index contributed by atoms with van der Waals surface area (Å²) in [6, 6.07) is -0.372. The number of rotatable bonds is 5. The summed E-state index contributed by atoms with van der Waals surface area (Å²) in [7, 11) is 0. The van der Waals surface area contributed by atoms with Gasteiger partial charge in [0.15, 0.2) is 0 Å². The minimum absolute atomic E-state index is 0.0644. The zero-order chi connectivity index (χ0) is 15.9. The second kappa shape index (κ2) is 8.48. The van der Waals surface area contributed by atoms with Gasteiger partial charge in [-0.05, 0) is 25.7 Å². The quantitative estimate of drug-likeness (QED) is 0.791. The topological polar surface area (TPSA) is 69.9 Å². The van der Waals surface area contributed by atoms with Crippen molar-refractivity contribution in [1.29, 1.82) is 0 Å². The molecule has 6 nitrogen and oxygen atoms in total. The first-order valence-electron chi connectivity index (χ1n) is 8.66. The lowest BCUT2D eigenvalue weighted by Gasteiger charge is -2.25. The molecule has 2 saturated heterocycles. The predicted molar refractivity (Wildman–Crippen MR) is 86.3 cm³/mol. The number of carbonyl (C=O) groups is 2. The van der Waals surface area contributed by atoms with Crippen molar-refractivity contribution in [2.75, 3.05) is 45.8 Å². The largest absolute Gasteiger partial charge is 0.342 e. The van der Waals surface area contributed by atoms with Gasteiger partial charge in [0.2, 0.25) is 11.8 Å². The summed E-state index contributed by atoms with van der Waals surface area (Å²) in [5.74, 6) is 0.300. The summed E-state index contributed by atoms with van der Waals surface area (Å²) in [4.78, 5) is 30.5. The first kappa shape index (κ1) is 17.2. The van der Waals surface area contributed by atoms with Crippen LogP contribution < -0.4 is 5.73 Å². The van der Waals surface area contributed by atoms with E-state index in [0.29, 0.717) is 13.1 Å². The van der Waals surface area contributed by atoms with Gasteiger partial charge in [-0.25, -0.2) is 0 Å². The molecule has 0 aromatic heterocycles.